The van der Waals surface area contributed by atoms with Crippen molar-refractivity contribution < 1.29 is 0 Å². The maximum Gasteiger partial charge on any atom is 0.0550 e. The fourth-order valence-corrected chi connectivity index (χ4v) is 5.58. The molecule has 0 bridgehead atoms. The lowest BCUT2D eigenvalue weighted by molar-refractivity contribution is 1.46. The van der Waals surface area contributed by atoms with Crippen LogP contribution >= 0.6 is 0 Å². The molecule has 2 N–H and O–H groups in total. The zero-order chi connectivity index (χ0) is 19.4. The Hall–Kier alpha value is -4.04. The van der Waals surface area contributed by atoms with Gasteiger partial charge in [-0.3, -0.25) is 0 Å². The Balaban J connectivity index is 1.76. The molecule has 0 radical (unpaired) electrons. The topological polar surface area (TPSA) is 31.6 Å². The summed E-state index contributed by atoms with van der Waals surface area (Å²) < 4.78 is 0. The molecule has 0 amide bonds. The number of hydrogen-bond acceptors (Lipinski definition) is 0. The lowest BCUT2D eigenvalue weighted by atomic mass is 9.86. The van der Waals surface area contributed by atoms with Gasteiger partial charge in [0.1, 0.15) is 0 Å². The summed E-state index contributed by atoms with van der Waals surface area (Å²) in [4.78, 5) is 7.63. The van der Waals surface area contributed by atoms with Gasteiger partial charge < -0.3 is 9.97 Å². The molecule has 0 spiro atoms. The Kier molecular flexibility index (Phi) is 2.44. The van der Waals surface area contributed by atoms with Crippen molar-refractivity contribution >= 4 is 65.2 Å². The van der Waals surface area contributed by atoms with Crippen LogP contribution in [-0.2, 0) is 0 Å². The maximum atomic E-state index is 3.81. The summed E-state index contributed by atoms with van der Waals surface area (Å²) in [6.07, 6.45) is 0. The zero-order valence-corrected chi connectivity index (χ0v) is 16.1. The first-order valence-electron chi connectivity index (χ1n) is 10.4. The minimum absolute atomic E-state index is 1.19. The highest BCUT2D eigenvalue weighted by Crippen LogP contribution is 2.48. The lowest BCUT2D eigenvalue weighted by Gasteiger charge is -2.23. The number of benzene rings is 6. The predicted octanol–water partition coefficient (Wildman–Crippen LogP) is 7.80. The molecule has 2 heteroatoms. The number of aromatic amines is 2. The molecule has 2 aliphatic heterocycles. The summed E-state index contributed by atoms with van der Waals surface area (Å²) in [5.41, 5.74) is 7.48. The van der Waals surface area contributed by atoms with E-state index in [0.717, 1.165) is 0 Å². The molecule has 2 nitrogen and oxygen atoms in total. The van der Waals surface area contributed by atoms with Crippen LogP contribution < -0.4 is 0 Å². The minimum atomic E-state index is 1.19. The molecule has 0 fully saturated rings. The molecule has 0 aromatic heterocycles. The Labute approximate surface area is 171 Å². The quantitative estimate of drug-likeness (QED) is 0.199. The first-order chi connectivity index (χ1) is 14.9. The van der Waals surface area contributed by atoms with E-state index in [1.165, 1.54) is 76.3 Å². The molecular weight excluding hydrogens is 364 g/mol. The molecule has 138 valence electrons. The first kappa shape index (κ1) is 14.9. The number of hydrogen-bond donors (Lipinski definition) is 2. The first-order valence-corrected chi connectivity index (χ1v) is 10.4. The van der Waals surface area contributed by atoms with Gasteiger partial charge in [0.25, 0.3) is 0 Å². The van der Waals surface area contributed by atoms with E-state index < -0.39 is 0 Å². The van der Waals surface area contributed by atoms with Gasteiger partial charge in [-0.05, 0) is 45.8 Å². The van der Waals surface area contributed by atoms with Crippen LogP contribution in [0.4, 0.5) is 0 Å². The zero-order valence-electron chi connectivity index (χ0n) is 16.1. The molecule has 2 aliphatic rings. The van der Waals surface area contributed by atoms with Gasteiger partial charge in [0.15, 0.2) is 0 Å². The molecule has 6 aromatic rings. The summed E-state index contributed by atoms with van der Waals surface area (Å²) in [6, 6.07) is 30.9. The molecule has 0 atom stereocenters. The van der Waals surface area contributed by atoms with Crippen LogP contribution in [0.2, 0.25) is 0 Å². The third-order valence-corrected chi connectivity index (χ3v) is 6.83. The number of nitrogens with one attached hydrogen (secondary N) is 2. The molecule has 0 aliphatic carbocycles. The van der Waals surface area contributed by atoms with Crippen molar-refractivity contribution in [2.45, 2.75) is 0 Å². The number of fused-ring (bicyclic) bond motifs is 4. The second-order valence-corrected chi connectivity index (χ2v) is 8.37. The minimum Gasteiger partial charge on any atom is -0.354 e. The van der Waals surface area contributed by atoms with Crippen molar-refractivity contribution in [3.63, 3.8) is 0 Å². The highest BCUT2D eigenvalue weighted by Gasteiger charge is 2.23. The van der Waals surface area contributed by atoms with Gasteiger partial charge in [0.2, 0.25) is 0 Å². The number of rotatable bonds is 0. The predicted molar refractivity (Wildman–Crippen MR) is 128 cm³/mol. The fourth-order valence-electron chi connectivity index (χ4n) is 5.58. The van der Waals surface area contributed by atoms with E-state index in [1.54, 1.807) is 0 Å². The van der Waals surface area contributed by atoms with Gasteiger partial charge in [0.05, 0.1) is 11.0 Å². The van der Waals surface area contributed by atoms with Gasteiger partial charge in [-0.25, -0.2) is 0 Å². The average Bonchev–Trinajstić information content (AvgIpc) is 2.80. The normalized spacial score (nSPS) is 12.7. The van der Waals surface area contributed by atoms with E-state index in [2.05, 4.69) is 94.9 Å². The molecule has 0 saturated heterocycles. The number of H-pyrrole nitrogens is 2. The fraction of sp³-hybridized carbons (Fsp3) is 0. The summed E-state index contributed by atoms with van der Waals surface area (Å²) in [5.74, 6) is 0. The van der Waals surface area contributed by atoms with Gasteiger partial charge in [-0.2, -0.15) is 0 Å². The summed E-state index contributed by atoms with van der Waals surface area (Å²) in [7, 11) is 0. The van der Waals surface area contributed by atoms with Crippen LogP contribution in [0.15, 0.2) is 84.9 Å². The van der Waals surface area contributed by atoms with Crippen molar-refractivity contribution in [3.05, 3.63) is 84.9 Å². The molecule has 0 saturated carbocycles. The second kappa shape index (κ2) is 4.92. The lowest BCUT2D eigenvalue weighted by Crippen LogP contribution is -1.99. The Morgan fingerprint density at radius 1 is 0.433 bits per heavy atom. The van der Waals surface area contributed by atoms with E-state index in [4.69, 9.17) is 0 Å². The van der Waals surface area contributed by atoms with Crippen LogP contribution in [-0.4, -0.2) is 9.97 Å². The Bertz CT molecular complexity index is 1760. The molecule has 6 aromatic carbocycles. The third-order valence-electron chi connectivity index (χ3n) is 6.83. The van der Waals surface area contributed by atoms with Gasteiger partial charge in [0, 0.05) is 43.7 Å². The summed E-state index contributed by atoms with van der Waals surface area (Å²) in [6.45, 7) is 0. The highest BCUT2D eigenvalue weighted by molar-refractivity contribution is 6.31. The number of aromatic nitrogens is 2. The van der Waals surface area contributed by atoms with Crippen LogP contribution in [0.3, 0.4) is 0 Å². The van der Waals surface area contributed by atoms with Gasteiger partial charge in [-0.15, -0.1) is 0 Å². The number of pyridine rings is 2. The Morgan fingerprint density at radius 3 is 1.40 bits per heavy atom. The van der Waals surface area contributed by atoms with E-state index in [0.29, 0.717) is 0 Å². The molecule has 8 rings (SSSR count). The van der Waals surface area contributed by atoms with E-state index in [-0.39, 0.29) is 0 Å². The standard InChI is InChI=1S/C28H16N2/c1-3-7-19-15(5-1)13-17-9-11-22-25-23(17)27(19)29-21-12-10-18-14-16-6-2-4-8-20(16)28(30-22)24(18)26(21)25/h1-14,29-30H. The summed E-state index contributed by atoms with van der Waals surface area (Å²) >= 11 is 0. The average molecular weight is 380 g/mol. The van der Waals surface area contributed by atoms with Crippen molar-refractivity contribution in [2.24, 2.45) is 0 Å². The van der Waals surface area contributed by atoms with Crippen LogP contribution in [0, 0.1) is 0 Å². The van der Waals surface area contributed by atoms with Crippen molar-refractivity contribution in [2.75, 3.05) is 0 Å². The largest absolute Gasteiger partial charge is 0.354 e. The van der Waals surface area contributed by atoms with Crippen molar-refractivity contribution in [1.82, 2.24) is 9.97 Å². The van der Waals surface area contributed by atoms with Crippen LogP contribution in [0.5, 0.6) is 0 Å². The summed E-state index contributed by atoms with van der Waals surface area (Å²) in [5, 5.41) is 10.3. The van der Waals surface area contributed by atoms with E-state index in [1.807, 2.05) is 0 Å². The molecule has 2 heterocycles. The third kappa shape index (κ3) is 1.63. The van der Waals surface area contributed by atoms with Crippen molar-refractivity contribution in [3.8, 4) is 11.1 Å². The van der Waals surface area contributed by atoms with Crippen LogP contribution in [0.1, 0.15) is 0 Å². The molecule has 0 unspecified atom stereocenters. The Morgan fingerprint density at radius 2 is 0.900 bits per heavy atom. The van der Waals surface area contributed by atoms with E-state index in [9.17, 15) is 0 Å². The second-order valence-electron chi connectivity index (χ2n) is 8.37. The maximum absolute atomic E-state index is 3.81. The monoisotopic (exact) mass is 380 g/mol. The van der Waals surface area contributed by atoms with Gasteiger partial charge in [-0.1, -0.05) is 60.7 Å². The highest BCUT2D eigenvalue weighted by atomic mass is 14.7. The van der Waals surface area contributed by atoms with Crippen molar-refractivity contribution in [1.29, 1.82) is 0 Å². The van der Waals surface area contributed by atoms with Gasteiger partial charge >= 0.3 is 0 Å². The SMILES string of the molecule is c1ccc2c(c1)cc1ccc3[nH]c4c5ccccc5cc5ccc6[nH]c2c1c3-c6c54. The van der Waals surface area contributed by atoms with Crippen LogP contribution in [0.25, 0.3) is 76.3 Å². The molecular formula is C28H16N2. The smallest absolute Gasteiger partial charge is 0.0550 e. The van der Waals surface area contributed by atoms with E-state index >= 15 is 0 Å². The molecule has 30 heavy (non-hydrogen) atoms.